The Hall–Kier alpha value is -0.610. The monoisotopic (exact) mass is 271 g/mol. The third-order valence-electron chi connectivity index (χ3n) is 2.80. The van der Waals surface area contributed by atoms with Crippen molar-refractivity contribution in [2.24, 2.45) is 5.92 Å². The van der Waals surface area contributed by atoms with E-state index in [4.69, 9.17) is 4.42 Å². The first kappa shape index (κ1) is 10.9. The fraction of sp³-hybridized carbons (Fsp3) is 0.545. The summed E-state index contributed by atoms with van der Waals surface area (Å²) < 4.78 is 5.92. The van der Waals surface area contributed by atoms with E-state index in [-0.39, 0.29) is 5.78 Å². The fourth-order valence-electron chi connectivity index (χ4n) is 1.93. The summed E-state index contributed by atoms with van der Waals surface area (Å²) in [5, 5.41) is 3.29. The molecule has 1 aliphatic rings. The van der Waals surface area contributed by atoms with Crippen molar-refractivity contribution in [2.45, 2.75) is 19.3 Å². The van der Waals surface area contributed by atoms with Gasteiger partial charge < -0.3 is 9.73 Å². The highest BCUT2D eigenvalue weighted by Crippen LogP contribution is 2.23. The van der Waals surface area contributed by atoms with Crippen LogP contribution in [0.2, 0.25) is 0 Å². The maximum Gasteiger partial charge on any atom is 0.199 e. The molecule has 0 bridgehead atoms. The second-order valence-corrected chi connectivity index (χ2v) is 4.77. The molecule has 1 aromatic heterocycles. The molecule has 2 rings (SSSR count). The van der Waals surface area contributed by atoms with E-state index in [1.165, 1.54) is 0 Å². The molecule has 1 aromatic rings. The van der Waals surface area contributed by atoms with E-state index in [0.717, 1.165) is 30.4 Å². The van der Waals surface area contributed by atoms with Gasteiger partial charge in [0.25, 0.3) is 0 Å². The number of carbonyl (C=O) groups is 1. The van der Waals surface area contributed by atoms with Crippen molar-refractivity contribution in [3.05, 3.63) is 22.6 Å². The number of hydrogen-bond acceptors (Lipinski definition) is 3. The van der Waals surface area contributed by atoms with Gasteiger partial charge in [-0.15, -0.1) is 0 Å². The Labute approximate surface area is 97.4 Å². The second-order valence-electron chi connectivity index (χ2n) is 3.92. The summed E-state index contributed by atoms with van der Waals surface area (Å²) in [7, 11) is 0. The third-order valence-corrected chi connectivity index (χ3v) is 3.43. The van der Waals surface area contributed by atoms with Gasteiger partial charge >= 0.3 is 0 Å². The minimum Gasteiger partial charge on any atom is -0.460 e. The zero-order valence-electron chi connectivity index (χ0n) is 8.46. The van der Waals surface area contributed by atoms with Gasteiger partial charge in [-0.25, -0.2) is 0 Å². The molecule has 0 aliphatic carbocycles. The van der Waals surface area contributed by atoms with Crippen LogP contribution in [0.5, 0.6) is 0 Å². The highest BCUT2D eigenvalue weighted by molar-refractivity contribution is 9.10. The van der Waals surface area contributed by atoms with Crippen LogP contribution < -0.4 is 5.32 Å². The fourth-order valence-corrected chi connectivity index (χ4v) is 2.36. The first-order chi connectivity index (χ1) is 7.27. The van der Waals surface area contributed by atoms with E-state index in [1.54, 1.807) is 12.3 Å². The lowest BCUT2D eigenvalue weighted by Gasteiger charge is -2.21. The Morgan fingerprint density at radius 3 is 2.87 bits per heavy atom. The molecular weight excluding hydrogens is 258 g/mol. The van der Waals surface area contributed by atoms with Gasteiger partial charge in [-0.3, -0.25) is 4.79 Å². The number of furan rings is 1. The van der Waals surface area contributed by atoms with Crippen molar-refractivity contribution >= 4 is 21.7 Å². The van der Waals surface area contributed by atoms with Crippen LogP contribution >= 0.6 is 15.9 Å². The number of hydrogen-bond donors (Lipinski definition) is 1. The number of halogens is 1. The van der Waals surface area contributed by atoms with Gasteiger partial charge in [0.15, 0.2) is 11.5 Å². The lowest BCUT2D eigenvalue weighted by Crippen LogP contribution is -2.28. The summed E-state index contributed by atoms with van der Waals surface area (Å²) in [5.74, 6) is 1.09. The number of rotatable bonds is 3. The Morgan fingerprint density at radius 2 is 2.27 bits per heavy atom. The minimum absolute atomic E-state index is 0.110. The molecule has 0 atom stereocenters. The van der Waals surface area contributed by atoms with E-state index in [1.807, 2.05) is 0 Å². The lowest BCUT2D eigenvalue weighted by molar-refractivity contribution is 0.0924. The standard InChI is InChI=1S/C11H14BrNO2/c12-9-3-6-15-11(9)10(14)7-8-1-4-13-5-2-8/h3,6,8,13H,1-2,4-5,7H2. The highest BCUT2D eigenvalue weighted by Gasteiger charge is 2.20. The topological polar surface area (TPSA) is 42.2 Å². The van der Waals surface area contributed by atoms with E-state index < -0.39 is 0 Å². The molecule has 0 amide bonds. The van der Waals surface area contributed by atoms with Crippen molar-refractivity contribution in [2.75, 3.05) is 13.1 Å². The average molecular weight is 272 g/mol. The molecule has 2 heterocycles. The third kappa shape index (κ3) is 2.69. The molecule has 82 valence electrons. The maximum absolute atomic E-state index is 11.9. The number of nitrogens with one attached hydrogen (secondary N) is 1. The Morgan fingerprint density at radius 1 is 1.53 bits per heavy atom. The molecule has 0 spiro atoms. The second kappa shape index (κ2) is 4.94. The predicted octanol–water partition coefficient (Wildman–Crippen LogP) is 2.61. The van der Waals surface area contributed by atoms with Gasteiger partial charge in [-0.2, -0.15) is 0 Å². The summed E-state index contributed by atoms with van der Waals surface area (Å²) in [6, 6.07) is 1.76. The quantitative estimate of drug-likeness (QED) is 0.860. The molecule has 15 heavy (non-hydrogen) atoms. The molecule has 0 radical (unpaired) electrons. The molecule has 4 heteroatoms. The van der Waals surface area contributed by atoms with Crippen LogP contribution in [-0.2, 0) is 0 Å². The lowest BCUT2D eigenvalue weighted by atomic mass is 9.92. The summed E-state index contributed by atoms with van der Waals surface area (Å²) >= 11 is 3.30. The Balaban J connectivity index is 1.94. The number of Topliss-reactive ketones (excluding diaryl/α,β-unsaturated/α-hetero) is 1. The van der Waals surface area contributed by atoms with Gasteiger partial charge in [-0.05, 0) is 53.8 Å². The zero-order valence-corrected chi connectivity index (χ0v) is 10.0. The number of ketones is 1. The van der Waals surface area contributed by atoms with Gasteiger partial charge in [0.1, 0.15) is 0 Å². The molecule has 1 aliphatic heterocycles. The predicted molar refractivity (Wildman–Crippen MR) is 60.9 cm³/mol. The summed E-state index contributed by atoms with van der Waals surface area (Å²) in [4.78, 5) is 11.9. The molecule has 1 N–H and O–H groups in total. The molecular formula is C11H14BrNO2. The van der Waals surface area contributed by atoms with Gasteiger partial charge in [0.2, 0.25) is 0 Å². The maximum atomic E-state index is 11.9. The summed E-state index contributed by atoms with van der Waals surface area (Å²) in [6.45, 7) is 2.05. The van der Waals surface area contributed by atoms with Crippen molar-refractivity contribution in [3.8, 4) is 0 Å². The zero-order chi connectivity index (χ0) is 10.7. The van der Waals surface area contributed by atoms with E-state index in [2.05, 4.69) is 21.2 Å². The van der Waals surface area contributed by atoms with E-state index in [0.29, 0.717) is 18.1 Å². The van der Waals surface area contributed by atoms with Crippen molar-refractivity contribution in [1.82, 2.24) is 5.32 Å². The highest BCUT2D eigenvalue weighted by atomic mass is 79.9. The SMILES string of the molecule is O=C(CC1CCNCC1)c1occc1Br. The average Bonchev–Trinajstić information content (AvgIpc) is 2.66. The van der Waals surface area contributed by atoms with Crippen molar-refractivity contribution in [1.29, 1.82) is 0 Å². The minimum atomic E-state index is 0.110. The molecule has 0 saturated carbocycles. The van der Waals surface area contributed by atoms with E-state index >= 15 is 0 Å². The molecule has 0 unspecified atom stereocenters. The van der Waals surface area contributed by atoms with Crippen LogP contribution in [0, 0.1) is 5.92 Å². The van der Waals surface area contributed by atoms with Crippen molar-refractivity contribution in [3.63, 3.8) is 0 Å². The molecule has 3 nitrogen and oxygen atoms in total. The summed E-state index contributed by atoms with van der Waals surface area (Å²) in [6.07, 6.45) is 4.32. The first-order valence-electron chi connectivity index (χ1n) is 5.24. The van der Waals surface area contributed by atoms with Crippen LogP contribution in [-0.4, -0.2) is 18.9 Å². The van der Waals surface area contributed by atoms with E-state index in [9.17, 15) is 4.79 Å². The van der Waals surface area contributed by atoms with Gasteiger partial charge in [0.05, 0.1) is 10.7 Å². The van der Waals surface area contributed by atoms with Crippen LogP contribution in [0.15, 0.2) is 21.2 Å². The molecule has 0 aromatic carbocycles. The van der Waals surface area contributed by atoms with Crippen molar-refractivity contribution < 1.29 is 9.21 Å². The molecule has 1 saturated heterocycles. The Bertz CT molecular complexity index is 342. The summed E-state index contributed by atoms with van der Waals surface area (Å²) in [5.41, 5.74) is 0. The normalized spacial score (nSPS) is 17.9. The smallest absolute Gasteiger partial charge is 0.199 e. The Kier molecular flexibility index (Phi) is 3.59. The van der Waals surface area contributed by atoms with Crippen LogP contribution in [0.4, 0.5) is 0 Å². The van der Waals surface area contributed by atoms with Crippen LogP contribution in [0.3, 0.4) is 0 Å². The number of carbonyl (C=O) groups excluding carboxylic acids is 1. The largest absolute Gasteiger partial charge is 0.460 e. The van der Waals surface area contributed by atoms with Crippen LogP contribution in [0.25, 0.3) is 0 Å². The van der Waals surface area contributed by atoms with Crippen LogP contribution in [0.1, 0.15) is 29.8 Å². The first-order valence-corrected chi connectivity index (χ1v) is 6.03. The number of piperidine rings is 1. The van der Waals surface area contributed by atoms with Gasteiger partial charge in [-0.1, -0.05) is 0 Å². The van der Waals surface area contributed by atoms with Gasteiger partial charge in [0, 0.05) is 6.42 Å². The molecule has 1 fully saturated rings.